The van der Waals surface area contributed by atoms with Crippen LogP contribution in [0.5, 0.6) is 0 Å². The molecule has 4 rings (SSSR count). The highest BCUT2D eigenvalue weighted by Crippen LogP contribution is 2.36. The highest BCUT2D eigenvalue weighted by molar-refractivity contribution is 7.89. The molecule has 0 saturated heterocycles. The lowest BCUT2D eigenvalue weighted by molar-refractivity contribution is -0.147. The average Bonchev–Trinajstić information content (AvgIpc) is 2.99. The van der Waals surface area contributed by atoms with Crippen LogP contribution in [0.25, 0.3) is 28.1 Å². The van der Waals surface area contributed by atoms with E-state index in [9.17, 15) is 26.9 Å². The van der Waals surface area contributed by atoms with Crippen LogP contribution in [-0.2, 0) is 10.0 Å². The fourth-order valence-electron chi connectivity index (χ4n) is 3.25. The van der Waals surface area contributed by atoms with E-state index in [-0.39, 0.29) is 5.69 Å². The van der Waals surface area contributed by atoms with Crippen LogP contribution >= 0.6 is 0 Å². The first-order chi connectivity index (χ1) is 15.0. The SMILES string of the molecule is Cc1cnc2c(c1)c(C#N)c(-c1ccc(S(=O)(=O)N[C@H](C)C(F)(F)F)cn1)n2C1=CC=C1. The molecule has 0 radical (unpaired) electrons. The lowest BCUT2D eigenvalue weighted by atomic mass is 10.1. The molecule has 11 heteroatoms. The van der Waals surface area contributed by atoms with E-state index in [1.807, 2.05) is 31.2 Å². The largest absolute Gasteiger partial charge is 0.404 e. The summed E-state index contributed by atoms with van der Waals surface area (Å²) in [6.07, 6.45) is 3.39. The maximum Gasteiger partial charge on any atom is 0.404 e. The Balaban J connectivity index is 1.82. The number of allylic oxidation sites excluding steroid dienone is 4. The Hall–Kier alpha value is -3.49. The van der Waals surface area contributed by atoms with Crippen molar-refractivity contribution >= 4 is 26.8 Å². The van der Waals surface area contributed by atoms with Crippen molar-refractivity contribution in [3.8, 4) is 17.5 Å². The number of nitrogens with one attached hydrogen (secondary N) is 1. The molecular weight excluding hydrogens is 443 g/mol. The van der Waals surface area contributed by atoms with Crippen molar-refractivity contribution in [1.29, 1.82) is 5.26 Å². The third-order valence-corrected chi connectivity index (χ3v) is 6.49. The molecule has 0 unspecified atom stereocenters. The van der Waals surface area contributed by atoms with E-state index in [1.165, 1.54) is 6.07 Å². The molecule has 32 heavy (non-hydrogen) atoms. The Morgan fingerprint density at radius 1 is 1.22 bits per heavy atom. The van der Waals surface area contributed by atoms with Crippen LogP contribution in [0.2, 0.25) is 0 Å². The number of nitriles is 1. The Labute approximate surface area is 181 Å². The van der Waals surface area contributed by atoms with E-state index in [2.05, 4.69) is 16.0 Å². The number of hydrogen-bond acceptors (Lipinski definition) is 5. The van der Waals surface area contributed by atoms with Gasteiger partial charge in [-0.1, -0.05) is 6.08 Å². The van der Waals surface area contributed by atoms with Crippen molar-refractivity contribution in [3.05, 3.63) is 59.9 Å². The molecule has 0 aromatic carbocycles. The fraction of sp³-hybridized carbons (Fsp3) is 0.190. The monoisotopic (exact) mass is 459 g/mol. The molecule has 0 fully saturated rings. The predicted octanol–water partition coefficient (Wildman–Crippen LogP) is 3.92. The van der Waals surface area contributed by atoms with Gasteiger partial charge in [-0.2, -0.15) is 23.2 Å². The summed E-state index contributed by atoms with van der Waals surface area (Å²) >= 11 is 0. The number of alkyl halides is 3. The predicted molar refractivity (Wildman–Crippen MR) is 112 cm³/mol. The number of aryl methyl sites for hydroxylation is 1. The third kappa shape index (κ3) is 3.68. The Morgan fingerprint density at radius 2 is 1.94 bits per heavy atom. The molecule has 0 saturated carbocycles. The number of halogens is 3. The van der Waals surface area contributed by atoms with E-state index in [0.717, 1.165) is 23.5 Å². The zero-order valence-corrected chi connectivity index (χ0v) is 17.7. The van der Waals surface area contributed by atoms with Gasteiger partial charge in [0.2, 0.25) is 10.0 Å². The molecule has 1 aliphatic rings. The van der Waals surface area contributed by atoms with Crippen molar-refractivity contribution < 1.29 is 21.6 Å². The summed E-state index contributed by atoms with van der Waals surface area (Å²) in [5.41, 5.74) is 3.16. The molecule has 7 nitrogen and oxygen atoms in total. The molecule has 3 heterocycles. The van der Waals surface area contributed by atoms with Gasteiger partial charge in [0, 0.05) is 23.5 Å². The van der Waals surface area contributed by atoms with E-state index in [1.54, 1.807) is 15.5 Å². The third-order valence-electron chi connectivity index (χ3n) is 4.96. The van der Waals surface area contributed by atoms with Gasteiger partial charge in [0.05, 0.1) is 17.0 Å². The number of fused-ring (bicyclic) bond motifs is 1. The lowest BCUT2D eigenvalue weighted by Crippen LogP contribution is -2.42. The summed E-state index contributed by atoms with van der Waals surface area (Å²) in [5.74, 6) is 0. The first-order valence-electron chi connectivity index (χ1n) is 9.38. The highest BCUT2D eigenvalue weighted by Gasteiger charge is 2.39. The standard InChI is InChI=1S/C21H16F3N5O2S/c1-12-8-16-17(9-25)19(29(14-4-3-5-14)20(16)27-10-12)18-7-6-15(11-26-18)32(30,31)28-13(2)21(22,23)24/h3-8,10-11,13,28H,1-2H3/t13-/m1/s1. The number of rotatable bonds is 5. The maximum absolute atomic E-state index is 12.8. The minimum Gasteiger partial charge on any atom is -0.291 e. The van der Waals surface area contributed by atoms with E-state index in [4.69, 9.17) is 0 Å². The summed E-state index contributed by atoms with van der Waals surface area (Å²) < 4.78 is 66.3. The van der Waals surface area contributed by atoms with Crippen molar-refractivity contribution in [2.75, 3.05) is 0 Å². The van der Waals surface area contributed by atoms with Crippen LogP contribution in [0.4, 0.5) is 13.2 Å². The molecular formula is C21H16F3N5O2S. The summed E-state index contributed by atoms with van der Waals surface area (Å²) in [6, 6.07) is 4.24. The molecule has 3 aromatic rings. The highest BCUT2D eigenvalue weighted by atomic mass is 32.2. The number of aromatic nitrogens is 3. The minimum absolute atomic E-state index is 0.279. The van der Waals surface area contributed by atoms with Crippen LogP contribution in [0.15, 0.2) is 53.7 Å². The Morgan fingerprint density at radius 3 is 2.47 bits per heavy atom. The first-order valence-corrected chi connectivity index (χ1v) is 10.9. The molecule has 164 valence electrons. The van der Waals surface area contributed by atoms with E-state index < -0.39 is 27.1 Å². The minimum atomic E-state index is -4.72. The second kappa shape index (κ2) is 7.58. The van der Waals surface area contributed by atoms with Crippen LogP contribution < -0.4 is 4.72 Å². The number of hydrogen-bond donors (Lipinski definition) is 1. The second-order valence-corrected chi connectivity index (χ2v) is 8.98. The number of pyridine rings is 2. The second-order valence-electron chi connectivity index (χ2n) is 7.27. The van der Waals surface area contributed by atoms with Crippen LogP contribution in [0, 0.1) is 18.3 Å². The number of sulfonamides is 1. The van der Waals surface area contributed by atoms with Gasteiger partial charge in [0.1, 0.15) is 22.7 Å². The van der Waals surface area contributed by atoms with Gasteiger partial charge in [-0.05, 0) is 49.8 Å². The maximum atomic E-state index is 12.8. The molecule has 3 aromatic heterocycles. The fourth-order valence-corrected chi connectivity index (χ4v) is 4.43. The molecule has 1 atom stereocenters. The Kier molecular flexibility index (Phi) is 5.15. The van der Waals surface area contributed by atoms with Crippen molar-refractivity contribution in [3.63, 3.8) is 0 Å². The zero-order chi connectivity index (χ0) is 23.3. The first kappa shape index (κ1) is 21.7. The molecule has 1 aliphatic carbocycles. The average molecular weight is 459 g/mol. The zero-order valence-electron chi connectivity index (χ0n) is 16.8. The van der Waals surface area contributed by atoms with E-state index >= 15 is 0 Å². The van der Waals surface area contributed by atoms with Crippen molar-refractivity contribution in [1.82, 2.24) is 19.3 Å². The van der Waals surface area contributed by atoms with Gasteiger partial charge < -0.3 is 0 Å². The number of nitrogens with zero attached hydrogens (tertiary/aromatic N) is 4. The smallest absolute Gasteiger partial charge is 0.291 e. The molecule has 0 amide bonds. The van der Waals surface area contributed by atoms with Crippen LogP contribution in [0.3, 0.4) is 0 Å². The van der Waals surface area contributed by atoms with Gasteiger partial charge in [-0.15, -0.1) is 0 Å². The quantitative estimate of drug-likeness (QED) is 0.623. The summed E-state index contributed by atoms with van der Waals surface area (Å²) in [5, 5.41) is 10.5. The van der Waals surface area contributed by atoms with Crippen LogP contribution in [-0.4, -0.2) is 35.2 Å². The van der Waals surface area contributed by atoms with Crippen molar-refractivity contribution in [2.24, 2.45) is 0 Å². The van der Waals surface area contributed by atoms with Gasteiger partial charge in [-0.3, -0.25) is 9.55 Å². The lowest BCUT2D eigenvalue weighted by Gasteiger charge is -2.17. The van der Waals surface area contributed by atoms with E-state index in [0.29, 0.717) is 29.2 Å². The topological polar surface area (TPSA) is 101 Å². The molecule has 0 bridgehead atoms. The van der Waals surface area contributed by atoms with Crippen molar-refractivity contribution in [2.45, 2.75) is 31.0 Å². The molecule has 0 spiro atoms. The Bertz CT molecular complexity index is 1430. The normalized spacial score (nSPS) is 14.7. The van der Waals surface area contributed by atoms with Gasteiger partial charge in [0.15, 0.2) is 0 Å². The summed E-state index contributed by atoms with van der Waals surface area (Å²) in [6.45, 7) is 2.56. The van der Waals surface area contributed by atoms with Gasteiger partial charge in [-0.25, -0.2) is 13.4 Å². The summed E-state index contributed by atoms with van der Waals surface area (Å²) in [7, 11) is -4.45. The molecule has 1 N–H and O–H groups in total. The van der Waals surface area contributed by atoms with Gasteiger partial charge in [0.25, 0.3) is 0 Å². The van der Waals surface area contributed by atoms with Crippen LogP contribution in [0.1, 0.15) is 18.1 Å². The molecule has 0 aliphatic heterocycles. The van der Waals surface area contributed by atoms with Gasteiger partial charge >= 0.3 is 6.18 Å². The summed E-state index contributed by atoms with van der Waals surface area (Å²) in [4.78, 5) is 8.19.